The molecule has 0 fully saturated rings. The lowest BCUT2D eigenvalue weighted by molar-refractivity contribution is 0.969. The minimum Gasteiger partial charge on any atom is -0.369 e. The lowest BCUT2D eigenvalue weighted by atomic mass is 10.4. The van der Waals surface area contributed by atoms with Crippen LogP contribution < -0.4 is 10.6 Å². The molecule has 0 aliphatic carbocycles. The summed E-state index contributed by atoms with van der Waals surface area (Å²) in [5, 5.41) is 6.36. The number of nitrogens with one attached hydrogen (secondary N) is 2. The molecule has 19 heavy (non-hydrogen) atoms. The first-order chi connectivity index (χ1) is 9.20. The van der Waals surface area contributed by atoms with Crippen molar-refractivity contribution in [1.29, 1.82) is 0 Å². The third-order valence-electron chi connectivity index (χ3n) is 2.41. The van der Waals surface area contributed by atoms with E-state index < -0.39 is 0 Å². The summed E-state index contributed by atoms with van der Waals surface area (Å²) in [6.07, 6.45) is 5.02. The topological polar surface area (TPSA) is 75.6 Å². The third kappa shape index (κ3) is 3.60. The van der Waals surface area contributed by atoms with Gasteiger partial charge >= 0.3 is 0 Å². The van der Waals surface area contributed by atoms with Crippen LogP contribution in [0.15, 0.2) is 23.2 Å². The molecule has 0 radical (unpaired) electrons. The normalized spacial score (nSPS) is 10.3. The monoisotopic (exact) mass is 322 g/mol. The Bertz CT molecular complexity index is 542. The predicted octanol–water partition coefficient (Wildman–Crippen LogP) is 2.38. The Morgan fingerprint density at radius 2 is 1.79 bits per heavy atom. The van der Waals surface area contributed by atoms with E-state index in [0.29, 0.717) is 6.54 Å². The summed E-state index contributed by atoms with van der Waals surface area (Å²) in [7, 11) is 0. The Kier molecular flexibility index (Phi) is 4.62. The SMILES string of the molecule is CCNc1ncnc(NCc2cnc(C)cn2)c1Br. The van der Waals surface area contributed by atoms with Gasteiger partial charge in [-0.3, -0.25) is 9.97 Å². The lowest BCUT2D eigenvalue weighted by Gasteiger charge is -2.10. The van der Waals surface area contributed by atoms with Crippen molar-refractivity contribution in [2.75, 3.05) is 17.2 Å². The summed E-state index contributed by atoms with van der Waals surface area (Å²) in [5.41, 5.74) is 1.77. The average molecular weight is 323 g/mol. The second-order valence-electron chi connectivity index (χ2n) is 3.92. The molecule has 100 valence electrons. The van der Waals surface area contributed by atoms with Gasteiger partial charge in [0.15, 0.2) is 0 Å². The van der Waals surface area contributed by atoms with Crippen molar-refractivity contribution >= 4 is 27.6 Å². The Hall–Kier alpha value is -1.76. The summed E-state index contributed by atoms with van der Waals surface area (Å²) in [6.45, 7) is 5.30. The molecule has 0 atom stereocenters. The van der Waals surface area contributed by atoms with Crippen molar-refractivity contribution < 1.29 is 0 Å². The van der Waals surface area contributed by atoms with Crippen molar-refractivity contribution in [3.05, 3.63) is 34.6 Å². The molecule has 2 rings (SSSR count). The first-order valence-corrected chi connectivity index (χ1v) is 6.75. The highest BCUT2D eigenvalue weighted by Gasteiger charge is 2.07. The number of aryl methyl sites for hydroxylation is 1. The fourth-order valence-electron chi connectivity index (χ4n) is 1.47. The molecule has 0 unspecified atom stereocenters. The van der Waals surface area contributed by atoms with Crippen LogP contribution in [0.25, 0.3) is 0 Å². The maximum atomic E-state index is 4.28. The highest BCUT2D eigenvalue weighted by atomic mass is 79.9. The minimum absolute atomic E-state index is 0.564. The van der Waals surface area contributed by atoms with E-state index in [1.54, 1.807) is 12.4 Å². The van der Waals surface area contributed by atoms with Gasteiger partial charge in [0.05, 0.1) is 24.1 Å². The fraction of sp³-hybridized carbons (Fsp3) is 0.333. The molecule has 2 heterocycles. The molecule has 0 aliphatic rings. The zero-order valence-corrected chi connectivity index (χ0v) is 12.4. The highest BCUT2D eigenvalue weighted by molar-refractivity contribution is 9.10. The van der Waals surface area contributed by atoms with E-state index in [0.717, 1.165) is 34.0 Å². The van der Waals surface area contributed by atoms with Crippen LogP contribution in [0.3, 0.4) is 0 Å². The summed E-state index contributed by atoms with van der Waals surface area (Å²) >= 11 is 3.48. The second kappa shape index (κ2) is 6.42. The standard InChI is InChI=1S/C12H15BrN6/c1-3-14-11-10(13)12(19-7-18-11)17-6-9-5-15-8(2)4-16-9/h4-5,7H,3,6H2,1-2H3,(H2,14,17,18,19). The zero-order valence-electron chi connectivity index (χ0n) is 10.8. The van der Waals surface area contributed by atoms with E-state index >= 15 is 0 Å². The molecule has 6 nitrogen and oxygen atoms in total. The molecular weight excluding hydrogens is 308 g/mol. The van der Waals surface area contributed by atoms with Gasteiger partial charge in [0, 0.05) is 12.7 Å². The number of anilines is 2. The van der Waals surface area contributed by atoms with Gasteiger partial charge in [0.25, 0.3) is 0 Å². The van der Waals surface area contributed by atoms with E-state index in [4.69, 9.17) is 0 Å². The van der Waals surface area contributed by atoms with Crippen molar-refractivity contribution in [2.24, 2.45) is 0 Å². The lowest BCUT2D eigenvalue weighted by Crippen LogP contribution is -2.07. The number of halogens is 1. The van der Waals surface area contributed by atoms with Crippen molar-refractivity contribution in [2.45, 2.75) is 20.4 Å². The van der Waals surface area contributed by atoms with Crippen LogP contribution in [-0.4, -0.2) is 26.5 Å². The van der Waals surface area contributed by atoms with Crippen molar-refractivity contribution in [1.82, 2.24) is 19.9 Å². The largest absolute Gasteiger partial charge is 0.369 e. The van der Waals surface area contributed by atoms with Gasteiger partial charge in [-0.05, 0) is 29.8 Å². The molecule has 0 spiro atoms. The average Bonchev–Trinajstić information content (AvgIpc) is 2.42. The molecule has 0 amide bonds. The molecular formula is C12H15BrN6. The van der Waals surface area contributed by atoms with E-state index in [1.165, 1.54) is 6.33 Å². The number of nitrogens with zero attached hydrogens (tertiary/aromatic N) is 4. The summed E-state index contributed by atoms with van der Waals surface area (Å²) in [4.78, 5) is 16.8. The summed E-state index contributed by atoms with van der Waals surface area (Å²) < 4.78 is 0.817. The zero-order chi connectivity index (χ0) is 13.7. The second-order valence-corrected chi connectivity index (χ2v) is 4.71. The third-order valence-corrected chi connectivity index (χ3v) is 3.16. The Labute approximate surface area is 120 Å². The number of hydrogen-bond acceptors (Lipinski definition) is 6. The van der Waals surface area contributed by atoms with Gasteiger partial charge in [0.2, 0.25) is 0 Å². The maximum Gasteiger partial charge on any atom is 0.146 e. The van der Waals surface area contributed by atoms with Gasteiger partial charge in [-0.15, -0.1) is 0 Å². The van der Waals surface area contributed by atoms with Gasteiger partial charge in [-0.25, -0.2) is 9.97 Å². The van der Waals surface area contributed by atoms with Crippen LogP contribution >= 0.6 is 15.9 Å². The van der Waals surface area contributed by atoms with E-state index in [1.807, 2.05) is 13.8 Å². The van der Waals surface area contributed by atoms with Crippen LogP contribution in [0, 0.1) is 6.92 Å². The highest BCUT2D eigenvalue weighted by Crippen LogP contribution is 2.26. The van der Waals surface area contributed by atoms with Crippen LogP contribution in [-0.2, 0) is 6.54 Å². The Morgan fingerprint density at radius 3 is 2.42 bits per heavy atom. The Balaban J connectivity index is 2.07. The number of hydrogen-bond donors (Lipinski definition) is 2. The van der Waals surface area contributed by atoms with Gasteiger partial charge < -0.3 is 10.6 Å². The smallest absolute Gasteiger partial charge is 0.146 e. The summed E-state index contributed by atoms with van der Waals surface area (Å²) in [5.74, 6) is 1.50. The van der Waals surface area contributed by atoms with E-state index in [-0.39, 0.29) is 0 Å². The molecule has 2 aromatic heterocycles. The molecule has 0 aliphatic heterocycles. The van der Waals surface area contributed by atoms with E-state index in [2.05, 4.69) is 46.5 Å². The van der Waals surface area contributed by atoms with Gasteiger partial charge in [-0.1, -0.05) is 0 Å². The number of aromatic nitrogens is 4. The van der Waals surface area contributed by atoms with Crippen molar-refractivity contribution in [3.8, 4) is 0 Å². The van der Waals surface area contributed by atoms with Crippen LogP contribution in [0.2, 0.25) is 0 Å². The molecule has 7 heteroatoms. The quantitative estimate of drug-likeness (QED) is 0.880. The van der Waals surface area contributed by atoms with E-state index in [9.17, 15) is 0 Å². The molecule has 0 saturated carbocycles. The molecule has 2 aromatic rings. The van der Waals surface area contributed by atoms with Gasteiger partial charge in [-0.2, -0.15) is 0 Å². The molecule has 0 aromatic carbocycles. The molecule has 0 saturated heterocycles. The Morgan fingerprint density at radius 1 is 1.05 bits per heavy atom. The van der Waals surface area contributed by atoms with Crippen LogP contribution in [0.1, 0.15) is 18.3 Å². The van der Waals surface area contributed by atoms with Crippen LogP contribution in [0.4, 0.5) is 11.6 Å². The first-order valence-electron chi connectivity index (χ1n) is 5.96. The molecule has 0 bridgehead atoms. The van der Waals surface area contributed by atoms with Gasteiger partial charge in [0.1, 0.15) is 22.4 Å². The predicted molar refractivity (Wildman–Crippen MR) is 78.0 cm³/mol. The fourth-order valence-corrected chi connectivity index (χ4v) is 1.95. The summed E-state index contributed by atoms with van der Waals surface area (Å²) in [6, 6.07) is 0. The van der Waals surface area contributed by atoms with Crippen LogP contribution in [0.5, 0.6) is 0 Å². The molecule has 2 N–H and O–H groups in total. The minimum atomic E-state index is 0.564. The first kappa shape index (κ1) is 13.7. The van der Waals surface area contributed by atoms with Crippen molar-refractivity contribution in [3.63, 3.8) is 0 Å². The maximum absolute atomic E-state index is 4.28. The number of rotatable bonds is 5.